The summed E-state index contributed by atoms with van der Waals surface area (Å²) in [5, 5.41) is 3.04. The second-order valence-corrected chi connectivity index (χ2v) is 5.75. The minimum Gasteiger partial charge on any atom is -0.489 e. The summed E-state index contributed by atoms with van der Waals surface area (Å²) in [6.45, 7) is 0.575. The Morgan fingerprint density at radius 1 is 1.42 bits per heavy atom. The van der Waals surface area contributed by atoms with E-state index in [-0.39, 0.29) is 18.7 Å². The van der Waals surface area contributed by atoms with Crippen LogP contribution >= 0.6 is 0 Å². The van der Waals surface area contributed by atoms with Gasteiger partial charge in [0.05, 0.1) is 6.33 Å². The second-order valence-electron chi connectivity index (χ2n) is 5.75. The van der Waals surface area contributed by atoms with Crippen molar-refractivity contribution in [1.82, 2.24) is 9.55 Å². The molecule has 0 saturated heterocycles. The maximum absolute atomic E-state index is 12.5. The zero-order chi connectivity index (χ0) is 18.5. The Kier molecular flexibility index (Phi) is 5.33. The number of rotatable bonds is 7. The number of anilines is 1. The van der Waals surface area contributed by atoms with E-state index < -0.39 is 0 Å². The molecular weight excluding hydrogens is 339 g/mol. The molecule has 0 amide bonds. The van der Waals surface area contributed by atoms with Gasteiger partial charge in [0.1, 0.15) is 17.9 Å². The summed E-state index contributed by atoms with van der Waals surface area (Å²) in [4.78, 5) is 16.0. The summed E-state index contributed by atoms with van der Waals surface area (Å²) >= 11 is 0. The molecule has 0 aliphatic heterocycles. The molecule has 0 aliphatic rings. The fraction of sp³-hybridized carbons (Fsp3) is 0.222. The van der Waals surface area contributed by atoms with Gasteiger partial charge in [0, 0.05) is 44.0 Å². The molecule has 0 saturated carbocycles. The van der Waals surface area contributed by atoms with Crippen LogP contribution in [0, 0.1) is 0 Å². The van der Waals surface area contributed by atoms with Crippen molar-refractivity contribution in [2.24, 2.45) is 12.8 Å². The van der Waals surface area contributed by atoms with Gasteiger partial charge in [-0.3, -0.25) is 4.79 Å². The third-order valence-corrected chi connectivity index (χ3v) is 3.81. The molecule has 8 heteroatoms. The molecule has 1 aromatic carbocycles. The molecule has 3 aromatic rings. The van der Waals surface area contributed by atoms with E-state index in [2.05, 4.69) is 10.3 Å². The van der Waals surface area contributed by atoms with E-state index in [9.17, 15) is 9.18 Å². The molecule has 7 nitrogen and oxygen atoms in total. The van der Waals surface area contributed by atoms with Crippen molar-refractivity contribution >= 4 is 17.1 Å². The predicted molar refractivity (Wildman–Crippen MR) is 96.8 cm³/mol. The Labute approximate surface area is 148 Å². The predicted octanol–water partition coefficient (Wildman–Crippen LogP) is 2.33. The number of benzene rings is 1. The number of aromatic nitrogens is 2. The number of oxazole rings is 1. The fourth-order valence-corrected chi connectivity index (χ4v) is 2.26. The molecule has 0 aliphatic carbocycles. The molecule has 136 valence electrons. The lowest BCUT2D eigenvalue weighted by atomic mass is 10.2. The monoisotopic (exact) mass is 358 g/mol. The Morgan fingerprint density at radius 2 is 2.27 bits per heavy atom. The van der Waals surface area contributed by atoms with Crippen LogP contribution in [-0.4, -0.2) is 22.7 Å². The first-order chi connectivity index (χ1) is 12.6. The maximum atomic E-state index is 12.5. The number of hydrogen-bond donors (Lipinski definition) is 2. The highest BCUT2D eigenvalue weighted by atomic mass is 19.1. The smallest absolute Gasteiger partial charge is 0.295 e. The molecule has 0 radical (unpaired) electrons. The van der Waals surface area contributed by atoms with Crippen molar-refractivity contribution in [3.8, 4) is 5.75 Å². The highest BCUT2D eigenvalue weighted by Crippen LogP contribution is 2.24. The number of nitrogens with zero attached hydrogens (tertiary/aromatic N) is 2. The molecule has 0 bridgehead atoms. The number of nitrogens with two attached hydrogens (primary N) is 1. The molecule has 2 aromatic heterocycles. The van der Waals surface area contributed by atoms with Gasteiger partial charge in [-0.1, -0.05) is 0 Å². The number of halogens is 1. The molecule has 0 spiro atoms. The van der Waals surface area contributed by atoms with E-state index in [4.69, 9.17) is 14.9 Å². The van der Waals surface area contributed by atoms with Crippen molar-refractivity contribution in [2.45, 2.75) is 6.54 Å². The molecule has 0 unspecified atom stereocenters. The Hall–Kier alpha value is -3.13. The zero-order valence-electron chi connectivity index (χ0n) is 14.2. The van der Waals surface area contributed by atoms with Crippen LogP contribution in [0.3, 0.4) is 0 Å². The van der Waals surface area contributed by atoms with E-state index in [1.165, 1.54) is 4.57 Å². The summed E-state index contributed by atoms with van der Waals surface area (Å²) in [6, 6.07) is 8.88. The Morgan fingerprint density at radius 3 is 3.00 bits per heavy atom. The molecule has 2 heterocycles. The van der Waals surface area contributed by atoms with E-state index in [0.29, 0.717) is 41.3 Å². The van der Waals surface area contributed by atoms with Gasteiger partial charge in [-0.15, -0.1) is 0 Å². The first-order valence-corrected chi connectivity index (χ1v) is 8.00. The molecule has 26 heavy (non-hydrogen) atoms. The average molecular weight is 358 g/mol. The lowest BCUT2D eigenvalue weighted by molar-refractivity contribution is 0.347. The Balaban J connectivity index is 1.68. The van der Waals surface area contributed by atoms with Crippen molar-refractivity contribution < 1.29 is 13.5 Å². The standard InChI is InChI=1S/C18H19FN4O3/c1-23-5-4-12(6-17(23)24)10-21-18-22-15-3-2-14(7-16(15)26-18)25-11-13(8-19)9-20/h2-8H,9-11,20H2,1H3,(H,21,22)/b13-8-. The summed E-state index contributed by atoms with van der Waals surface area (Å²) in [7, 11) is 1.69. The van der Waals surface area contributed by atoms with Crippen LogP contribution in [-0.2, 0) is 13.6 Å². The van der Waals surface area contributed by atoms with Crippen molar-refractivity contribution in [1.29, 1.82) is 0 Å². The van der Waals surface area contributed by atoms with Gasteiger partial charge in [-0.2, -0.15) is 4.98 Å². The first kappa shape index (κ1) is 17.7. The SMILES string of the molecule is Cn1ccc(CNc2nc3ccc(OC/C(=C\F)CN)cc3o2)cc1=O. The average Bonchev–Trinajstić information content (AvgIpc) is 3.05. The van der Waals surface area contributed by atoms with Crippen LogP contribution in [0.5, 0.6) is 5.75 Å². The molecule has 0 atom stereocenters. The van der Waals surface area contributed by atoms with E-state index in [1.54, 1.807) is 37.5 Å². The van der Waals surface area contributed by atoms with Crippen molar-refractivity contribution in [2.75, 3.05) is 18.5 Å². The third kappa shape index (κ3) is 4.09. The quantitative estimate of drug-likeness (QED) is 0.673. The molecule has 3 rings (SSSR count). The highest BCUT2D eigenvalue weighted by Gasteiger charge is 2.08. The van der Waals surface area contributed by atoms with Crippen LogP contribution in [0.4, 0.5) is 10.4 Å². The number of ether oxygens (including phenoxy) is 1. The van der Waals surface area contributed by atoms with Crippen LogP contribution in [0.15, 0.2) is 57.6 Å². The minimum atomic E-state index is -0.0807. The van der Waals surface area contributed by atoms with E-state index >= 15 is 0 Å². The summed E-state index contributed by atoms with van der Waals surface area (Å²) < 4.78 is 25.1. The van der Waals surface area contributed by atoms with Gasteiger partial charge in [0.2, 0.25) is 0 Å². The van der Waals surface area contributed by atoms with E-state index in [0.717, 1.165) is 5.56 Å². The topological polar surface area (TPSA) is 95.3 Å². The molecule has 0 fully saturated rings. The number of hydrogen-bond acceptors (Lipinski definition) is 6. The summed E-state index contributed by atoms with van der Waals surface area (Å²) in [5.41, 5.74) is 7.69. The lowest BCUT2D eigenvalue weighted by Gasteiger charge is -2.06. The fourth-order valence-electron chi connectivity index (χ4n) is 2.26. The van der Waals surface area contributed by atoms with Gasteiger partial charge in [-0.05, 0) is 23.8 Å². The van der Waals surface area contributed by atoms with Gasteiger partial charge in [0.25, 0.3) is 11.6 Å². The molecule has 3 N–H and O–H groups in total. The molecular formula is C18H19FN4O3. The van der Waals surface area contributed by atoms with Crippen LogP contribution < -0.4 is 21.3 Å². The minimum absolute atomic E-state index is 0.0702. The number of pyridine rings is 1. The highest BCUT2D eigenvalue weighted by molar-refractivity contribution is 5.76. The van der Waals surface area contributed by atoms with Gasteiger partial charge in [0.15, 0.2) is 5.58 Å². The van der Waals surface area contributed by atoms with Crippen LogP contribution in [0.25, 0.3) is 11.1 Å². The summed E-state index contributed by atoms with van der Waals surface area (Å²) in [6.07, 6.45) is 2.16. The lowest BCUT2D eigenvalue weighted by Crippen LogP contribution is -2.16. The van der Waals surface area contributed by atoms with Crippen molar-refractivity contribution in [3.63, 3.8) is 0 Å². The largest absolute Gasteiger partial charge is 0.489 e. The number of nitrogens with one attached hydrogen (secondary N) is 1. The van der Waals surface area contributed by atoms with Crippen molar-refractivity contribution in [3.05, 3.63) is 64.3 Å². The van der Waals surface area contributed by atoms with Gasteiger partial charge < -0.3 is 24.8 Å². The summed E-state index contributed by atoms with van der Waals surface area (Å²) in [5.74, 6) is 0.527. The van der Waals surface area contributed by atoms with Gasteiger partial charge in [-0.25, -0.2) is 4.39 Å². The van der Waals surface area contributed by atoms with Gasteiger partial charge >= 0.3 is 0 Å². The Bertz CT molecular complexity index is 994. The third-order valence-electron chi connectivity index (χ3n) is 3.81. The van der Waals surface area contributed by atoms with Crippen LogP contribution in [0.2, 0.25) is 0 Å². The maximum Gasteiger partial charge on any atom is 0.295 e. The number of aryl methyl sites for hydroxylation is 1. The first-order valence-electron chi connectivity index (χ1n) is 8.00. The van der Waals surface area contributed by atoms with E-state index in [1.807, 2.05) is 6.07 Å². The number of fused-ring (bicyclic) bond motifs is 1. The van der Waals surface area contributed by atoms with Crippen LogP contribution in [0.1, 0.15) is 5.56 Å². The zero-order valence-corrected chi connectivity index (χ0v) is 14.2. The normalized spacial score (nSPS) is 11.7. The second kappa shape index (κ2) is 7.83.